The van der Waals surface area contributed by atoms with Crippen molar-refractivity contribution in [3.05, 3.63) is 52.5 Å². The van der Waals surface area contributed by atoms with Crippen LogP contribution >= 0.6 is 15.9 Å². The van der Waals surface area contributed by atoms with E-state index in [1.54, 1.807) is 39.0 Å². The molecule has 3 N–H and O–H groups in total. The highest BCUT2D eigenvalue weighted by Crippen LogP contribution is 2.40. The van der Waals surface area contributed by atoms with E-state index >= 15 is 0 Å². The minimum absolute atomic E-state index is 0.300. The SMILES string of the molecule is CC(C)(C)OC(=O)Nc1ccc2c(c1)C(NC(=O)Nc1cccc(Br)c1)CC(C)(C)O2. The molecule has 3 amide bonds. The Balaban J connectivity index is 1.78. The maximum Gasteiger partial charge on any atom is 0.412 e. The Labute approximate surface area is 191 Å². The summed E-state index contributed by atoms with van der Waals surface area (Å²) in [6.45, 7) is 9.37. The van der Waals surface area contributed by atoms with Crippen molar-refractivity contribution < 1.29 is 19.1 Å². The molecule has 31 heavy (non-hydrogen) atoms. The Morgan fingerprint density at radius 1 is 1.10 bits per heavy atom. The monoisotopic (exact) mass is 489 g/mol. The minimum atomic E-state index is -0.597. The van der Waals surface area contributed by atoms with Crippen molar-refractivity contribution in [1.82, 2.24) is 5.32 Å². The van der Waals surface area contributed by atoms with Crippen molar-refractivity contribution in [1.29, 1.82) is 0 Å². The van der Waals surface area contributed by atoms with Crippen molar-refractivity contribution in [2.75, 3.05) is 10.6 Å². The van der Waals surface area contributed by atoms with E-state index in [0.717, 1.165) is 10.0 Å². The van der Waals surface area contributed by atoms with Crippen molar-refractivity contribution >= 4 is 39.4 Å². The molecule has 0 spiro atoms. The topological polar surface area (TPSA) is 88.7 Å². The van der Waals surface area contributed by atoms with Gasteiger partial charge in [-0.25, -0.2) is 9.59 Å². The molecule has 1 atom stereocenters. The molecular weight excluding hydrogens is 462 g/mol. The summed E-state index contributed by atoms with van der Waals surface area (Å²) in [4.78, 5) is 24.8. The fourth-order valence-electron chi connectivity index (χ4n) is 3.37. The molecule has 1 aliphatic heterocycles. The Morgan fingerprint density at radius 2 is 1.81 bits per heavy atom. The molecule has 8 heteroatoms. The quantitative estimate of drug-likeness (QED) is 0.477. The van der Waals surface area contributed by atoms with Crippen LogP contribution in [0.5, 0.6) is 5.75 Å². The second kappa shape index (κ2) is 8.78. The van der Waals surface area contributed by atoms with Gasteiger partial charge in [-0.05, 0) is 71.0 Å². The zero-order chi connectivity index (χ0) is 22.8. The van der Waals surface area contributed by atoms with Crippen molar-refractivity contribution in [2.45, 2.75) is 58.3 Å². The van der Waals surface area contributed by atoms with Gasteiger partial charge in [0.25, 0.3) is 0 Å². The lowest BCUT2D eigenvalue weighted by Crippen LogP contribution is -2.42. The Morgan fingerprint density at radius 3 is 2.48 bits per heavy atom. The molecule has 3 rings (SSSR count). The number of benzene rings is 2. The molecule has 2 aromatic carbocycles. The number of hydrogen-bond donors (Lipinski definition) is 3. The van der Waals surface area contributed by atoms with Gasteiger partial charge in [0.15, 0.2) is 0 Å². The maximum absolute atomic E-state index is 12.7. The summed E-state index contributed by atoms with van der Waals surface area (Å²) in [5.74, 6) is 0.666. The van der Waals surface area contributed by atoms with Gasteiger partial charge in [0, 0.05) is 27.8 Å². The molecule has 0 aliphatic carbocycles. The van der Waals surface area contributed by atoms with Gasteiger partial charge in [0.05, 0.1) is 6.04 Å². The van der Waals surface area contributed by atoms with E-state index in [1.165, 1.54) is 0 Å². The summed E-state index contributed by atoms with van der Waals surface area (Å²) in [6, 6.07) is 12.1. The van der Waals surface area contributed by atoms with Gasteiger partial charge >= 0.3 is 12.1 Å². The van der Waals surface area contributed by atoms with Crippen LogP contribution in [-0.4, -0.2) is 23.3 Å². The summed E-state index contributed by atoms with van der Waals surface area (Å²) in [5.41, 5.74) is 0.979. The predicted octanol–water partition coefficient (Wildman–Crippen LogP) is 6.22. The van der Waals surface area contributed by atoms with Gasteiger partial charge in [0.1, 0.15) is 17.0 Å². The van der Waals surface area contributed by atoms with Crippen LogP contribution < -0.4 is 20.7 Å². The molecule has 1 aliphatic rings. The van der Waals surface area contributed by atoms with Crippen LogP contribution in [0.1, 0.15) is 52.6 Å². The van der Waals surface area contributed by atoms with Gasteiger partial charge in [-0.1, -0.05) is 22.0 Å². The number of anilines is 2. The number of fused-ring (bicyclic) bond motifs is 1. The number of carbonyl (C=O) groups is 2. The first-order chi connectivity index (χ1) is 14.4. The van der Waals surface area contributed by atoms with Crippen LogP contribution in [0, 0.1) is 0 Å². The van der Waals surface area contributed by atoms with Gasteiger partial charge < -0.3 is 20.1 Å². The second-order valence-electron chi connectivity index (χ2n) is 9.11. The first kappa shape index (κ1) is 22.9. The van der Waals surface area contributed by atoms with Crippen LogP contribution in [0.3, 0.4) is 0 Å². The Bertz CT molecular complexity index is 985. The zero-order valence-electron chi connectivity index (χ0n) is 18.3. The first-order valence-corrected chi connectivity index (χ1v) is 10.9. The fraction of sp³-hybridized carbons (Fsp3) is 0.391. The summed E-state index contributed by atoms with van der Waals surface area (Å²) >= 11 is 3.40. The summed E-state index contributed by atoms with van der Waals surface area (Å²) in [6.07, 6.45) is 0.0309. The van der Waals surface area contributed by atoms with E-state index in [9.17, 15) is 9.59 Å². The standard InChI is InChI=1S/C23H28BrN3O4/c1-22(2,3)31-21(29)26-16-9-10-19-17(12-16)18(13-23(4,5)30-19)27-20(28)25-15-8-6-7-14(24)11-15/h6-12,18H,13H2,1-5H3,(H,26,29)(H2,25,27,28). The smallest absolute Gasteiger partial charge is 0.412 e. The van der Waals surface area contributed by atoms with Crippen LogP contribution in [0.4, 0.5) is 21.0 Å². The number of hydrogen-bond acceptors (Lipinski definition) is 4. The summed E-state index contributed by atoms with van der Waals surface area (Å²) < 4.78 is 12.3. The molecule has 2 aromatic rings. The van der Waals surface area contributed by atoms with Gasteiger partial charge in [-0.2, -0.15) is 0 Å². The third-order valence-electron chi connectivity index (χ3n) is 4.50. The molecule has 0 bridgehead atoms. The van der Waals surface area contributed by atoms with E-state index in [4.69, 9.17) is 9.47 Å². The van der Waals surface area contributed by atoms with Crippen molar-refractivity contribution in [3.8, 4) is 5.75 Å². The molecule has 0 aromatic heterocycles. The van der Waals surface area contributed by atoms with Gasteiger partial charge in [-0.3, -0.25) is 5.32 Å². The number of nitrogens with one attached hydrogen (secondary N) is 3. The largest absolute Gasteiger partial charge is 0.487 e. The zero-order valence-corrected chi connectivity index (χ0v) is 19.9. The van der Waals surface area contributed by atoms with Crippen LogP contribution in [0.15, 0.2) is 46.9 Å². The van der Waals surface area contributed by atoms with Gasteiger partial charge in [-0.15, -0.1) is 0 Å². The number of rotatable bonds is 3. The van der Waals surface area contributed by atoms with Crippen LogP contribution in [-0.2, 0) is 4.74 Å². The number of ether oxygens (including phenoxy) is 2. The van der Waals surface area contributed by atoms with Crippen LogP contribution in [0.25, 0.3) is 0 Å². The van der Waals surface area contributed by atoms with E-state index in [0.29, 0.717) is 23.5 Å². The number of carbonyl (C=O) groups excluding carboxylic acids is 2. The predicted molar refractivity (Wildman–Crippen MR) is 125 cm³/mol. The number of amides is 3. The molecule has 166 valence electrons. The van der Waals surface area contributed by atoms with Crippen LogP contribution in [0.2, 0.25) is 0 Å². The molecule has 0 radical (unpaired) electrons. The fourth-order valence-corrected chi connectivity index (χ4v) is 3.77. The van der Waals surface area contributed by atoms with E-state index in [-0.39, 0.29) is 12.1 Å². The number of urea groups is 1. The molecule has 1 unspecified atom stereocenters. The highest BCUT2D eigenvalue weighted by atomic mass is 79.9. The highest BCUT2D eigenvalue weighted by molar-refractivity contribution is 9.10. The van der Waals surface area contributed by atoms with Crippen molar-refractivity contribution in [2.24, 2.45) is 0 Å². The Kier molecular flexibility index (Phi) is 6.50. The lowest BCUT2D eigenvalue weighted by atomic mass is 9.89. The molecule has 7 nitrogen and oxygen atoms in total. The number of halogens is 1. The first-order valence-electron chi connectivity index (χ1n) is 10.1. The molecule has 0 saturated heterocycles. The van der Waals surface area contributed by atoms with E-state index < -0.39 is 17.3 Å². The third-order valence-corrected chi connectivity index (χ3v) is 4.99. The van der Waals surface area contributed by atoms with Crippen molar-refractivity contribution in [3.63, 3.8) is 0 Å². The maximum atomic E-state index is 12.7. The summed E-state index contributed by atoms with van der Waals surface area (Å²) in [7, 11) is 0. The lowest BCUT2D eigenvalue weighted by molar-refractivity contribution is 0.0631. The van der Waals surface area contributed by atoms with E-state index in [1.807, 2.05) is 38.1 Å². The lowest BCUT2D eigenvalue weighted by Gasteiger charge is -2.38. The molecule has 0 saturated carbocycles. The molecular formula is C23H28BrN3O4. The van der Waals surface area contributed by atoms with E-state index in [2.05, 4.69) is 31.9 Å². The Hall–Kier alpha value is -2.74. The average molecular weight is 490 g/mol. The molecule has 0 fully saturated rings. The summed E-state index contributed by atoms with van der Waals surface area (Å²) in [5, 5.41) is 8.62. The normalized spacial score (nSPS) is 17.0. The third kappa shape index (κ3) is 6.62. The highest BCUT2D eigenvalue weighted by Gasteiger charge is 2.35. The second-order valence-corrected chi connectivity index (χ2v) is 10.0. The molecule has 1 heterocycles. The minimum Gasteiger partial charge on any atom is -0.487 e. The average Bonchev–Trinajstić information content (AvgIpc) is 2.59. The van der Waals surface area contributed by atoms with Gasteiger partial charge in [0.2, 0.25) is 0 Å².